The fourth-order valence-corrected chi connectivity index (χ4v) is 5.18. The molecule has 1 saturated carbocycles. The molecule has 4 rings (SSSR count). The molecule has 1 aromatic carbocycles. The molecule has 1 fully saturated rings. The van der Waals surface area contributed by atoms with Crippen molar-refractivity contribution < 1.29 is 56.6 Å². The van der Waals surface area contributed by atoms with Gasteiger partial charge in [0.1, 0.15) is 11.5 Å². The van der Waals surface area contributed by atoms with Crippen LogP contribution in [0.15, 0.2) is 23.8 Å². The van der Waals surface area contributed by atoms with Gasteiger partial charge in [-0.25, -0.2) is 8.42 Å². The Morgan fingerprint density at radius 2 is 1.88 bits per heavy atom. The first kappa shape index (κ1) is 20.0. The molecule has 8 heteroatoms. The van der Waals surface area contributed by atoms with Crippen LogP contribution >= 0.6 is 0 Å². The van der Waals surface area contributed by atoms with Crippen LogP contribution in [-0.4, -0.2) is 29.5 Å². The molecule has 26 heavy (non-hydrogen) atoms. The van der Waals surface area contributed by atoms with Gasteiger partial charge in [0, 0.05) is 6.42 Å². The second-order valence-corrected chi connectivity index (χ2v) is 8.37. The summed E-state index contributed by atoms with van der Waals surface area (Å²) in [6, 6.07) is 4.78. The predicted molar refractivity (Wildman–Crippen MR) is 88.5 cm³/mol. The van der Waals surface area contributed by atoms with E-state index in [1.54, 1.807) is 12.1 Å². The molecule has 0 radical (unpaired) electrons. The van der Waals surface area contributed by atoms with E-state index in [4.69, 9.17) is 0 Å². The Labute approximate surface area is 174 Å². The van der Waals surface area contributed by atoms with Crippen LogP contribution in [0, 0.1) is 5.41 Å². The Morgan fingerprint density at radius 1 is 1.15 bits per heavy atom. The van der Waals surface area contributed by atoms with Crippen molar-refractivity contribution in [1.29, 1.82) is 0 Å². The van der Waals surface area contributed by atoms with Crippen molar-refractivity contribution in [1.82, 2.24) is 0 Å². The van der Waals surface area contributed by atoms with E-state index in [-0.39, 0.29) is 41.1 Å². The van der Waals surface area contributed by atoms with Gasteiger partial charge in [0.25, 0.3) is 10.4 Å². The summed E-state index contributed by atoms with van der Waals surface area (Å²) in [6.07, 6.45) is 3.41. The number of aliphatic hydroxyl groups is 1. The first-order valence-electron chi connectivity index (χ1n) is 8.41. The minimum absolute atomic E-state index is 0. The first-order chi connectivity index (χ1) is 11.6. The van der Waals surface area contributed by atoms with Crippen molar-refractivity contribution >= 4 is 21.8 Å². The zero-order valence-corrected chi connectivity index (χ0v) is 17.7. The minimum Gasteiger partial charge on any atom is -0.716 e. The molecular weight excluding hydrogens is 367 g/mol. The molecule has 3 aliphatic rings. The molecule has 0 bridgehead atoms. The summed E-state index contributed by atoms with van der Waals surface area (Å²) in [5.41, 5.74) is 2.06. The molecule has 3 aliphatic carbocycles. The molecule has 1 aromatic rings. The third-order valence-corrected chi connectivity index (χ3v) is 6.62. The predicted octanol–water partition coefficient (Wildman–Crippen LogP) is -0.876. The Kier molecular flexibility index (Phi) is 4.96. The van der Waals surface area contributed by atoms with Gasteiger partial charge in [-0.2, -0.15) is 0 Å². The van der Waals surface area contributed by atoms with Crippen LogP contribution < -0.4 is 33.7 Å². The molecule has 1 unspecified atom stereocenters. The van der Waals surface area contributed by atoms with Gasteiger partial charge in [0.15, 0.2) is 0 Å². The van der Waals surface area contributed by atoms with Crippen molar-refractivity contribution in [2.75, 3.05) is 0 Å². The summed E-state index contributed by atoms with van der Waals surface area (Å²) in [5, 5.41) is 11.3. The van der Waals surface area contributed by atoms with Gasteiger partial charge in [0.2, 0.25) is 0 Å². The van der Waals surface area contributed by atoms with Gasteiger partial charge in [-0.05, 0) is 73.4 Å². The quantitative estimate of drug-likeness (QED) is 0.402. The Morgan fingerprint density at radius 3 is 2.58 bits per heavy atom. The van der Waals surface area contributed by atoms with Gasteiger partial charge in [-0.1, -0.05) is 6.07 Å². The Balaban J connectivity index is 0.00000196. The molecule has 0 spiro atoms. The van der Waals surface area contributed by atoms with Gasteiger partial charge in [-0.3, -0.25) is 4.79 Å². The summed E-state index contributed by atoms with van der Waals surface area (Å²) < 4.78 is 36.8. The molecule has 0 saturated heterocycles. The number of rotatable bonds is 2. The molecule has 0 aromatic heterocycles. The summed E-state index contributed by atoms with van der Waals surface area (Å²) in [7, 11) is -4.80. The third kappa shape index (κ3) is 2.89. The maximum Gasteiger partial charge on any atom is 1.00 e. The molecular formula is C18H19NaO6S. The number of fused-ring (bicyclic) bond motifs is 4. The maximum atomic E-state index is 12.3. The average Bonchev–Trinajstić information content (AvgIpc) is 2.77. The monoisotopic (exact) mass is 386 g/mol. The van der Waals surface area contributed by atoms with Crippen LogP contribution in [-0.2, 0) is 21.6 Å². The van der Waals surface area contributed by atoms with Gasteiger partial charge >= 0.3 is 29.6 Å². The van der Waals surface area contributed by atoms with Crippen molar-refractivity contribution in [2.24, 2.45) is 5.41 Å². The van der Waals surface area contributed by atoms with E-state index in [1.165, 1.54) is 6.07 Å². The second-order valence-electron chi connectivity index (χ2n) is 7.38. The SMILES string of the molecule is C[C@]12CCC3=C(CCc4cc(OS(=O)(=O)[O-])ccc43)C1(O)CCC2=O.[Na+]. The van der Waals surface area contributed by atoms with E-state index in [9.17, 15) is 22.9 Å². The van der Waals surface area contributed by atoms with E-state index >= 15 is 0 Å². The molecule has 1 N–H and O–H groups in total. The van der Waals surface area contributed by atoms with Crippen molar-refractivity contribution in [3.05, 3.63) is 34.9 Å². The van der Waals surface area contributed by atoms with E-state index in [2.05, 4.69) is 4.18 Å². The topological polar surface area (TPSA) is 104 Å². The van der Waals surface area contributed by atoms with Crippen LogP contribution in [0.3, 0.4) is 0 Å². The van der Waals surface area contributed by atoms with Crippen LogP contribution in [0.1, 0.15) is 50.2 Å². The van der Waals surface area contributed by atoms with Crippen LogP contribution in [0.4, 0.5) is 0 Å². The standard InChI is InChI=1S/C18H20O6S.Na/c1-17-8-6-14-13-4-3-12(24-25(21,22)23)10-11(13)2-5-15(14)18(17,20)9-7-16(17)19;/h3-4,10,20H,2,5-9H2,1H3,(H,21,22,23);/q;+1/p-1/t17-,18?;/m1./s1. The maximum absolute atomic E-state index is 12.3. The fraction of sp³-hybridized carbons (Fsp3) is 0.500. The Hall–Kier alpha value is -0.700. The number of aryl methyl sites for hydroxylation is 1. The zero-order valence-electron chi connectivity index (χ0n) is 14.9. The fourth-order valence-electron chi connectivity index (χ4n) is 4.84. The molecule has 134 valence electrons. The van der Waals surface area contributed by atoms with Crippen molar-refractivity contribution in [2.45, 2.75) is 51.0 Å². The first-order valence-corrected chi connectivity index (χ1v) is 9.74. The zero-order chi connectivity index (χ0) is 18.0. The number of Topliss-reactive ketones (excluding diaryl/α,β-unsaturated/α-hetero) is 1. The van der Waals surface area contributed by atoms with Gasteiger partial charge in [-0.15, -0.1) is 0 Å². The summed E-state index contributed by atoms with van der Waals surface area (Å²) in [5.74, 6) is 0.143. The number of hydrogen-bond donors (Lipinski definition) is 1. The molecule has 2 atom stereocenters. The third-order valence-electron chi connectivity index (χ3n) is 6.23. The van der Waals surface area contributed by atoms with E-state index in [0.717, 1.165) is 22.3 Å². The van der Waals surface area contributed by atoms with Crippen molar-refractivity contribution in [3.8, 4) is 5.75 Å². The molecule has 0 amide bonds. The number of benzene rings is 1. The molecule has 0 heterocycles. The average molecular weight is 386 g/mol. The summed E-state index contributed by atoms with van der Waals surface area (Å²) in [4.78, 5) is 12.3. The number of hydrogen-bond acceptors (Lipinski definition) is 6. The summed E-state index contributed by atoms with van der Waals surface area (Å²) >= 11 is 0. The number of carbonyl (C=O) groups excluding carboxylic acids is 1. The second kappa shape index (κ2) is 6.43. The summed E-state index contributed by atoms with van der Waals surface area (Å²) in [6.45, 7) is 1.87. The van der Waals surface area contributed by atoms with Gasteiger partial charge in [0.05, 0.1) is 11.0 Å². The number of carbonyl (C=O) groups is 1. The normalized spacial score (nSPS) is 30.2. The smallest absolute Gasteiger partial charge is 0.716 e. The minimum atomic E-state index is -4.80. The number of allylic oxidation sites excluding steroid dienone is 1. The van der Waals surface area contributed by atoms with Gasteiger partial charge < -0.3 is 13.8 Å². The molecule has 0 aliphatic heterocycles. The number of ketones is 1. The largest absolute Gasteiger partial charge is 1.00 e. The van der Waals surface area contributed by atoms with Crippen LogP contribution in [0.2, 0.25) is 0 Å². The Bertz CT molecular complexity index is 922. The van der Waals surface area contributed by atoms with E-state index < -0.39 is 21.4 Å². The van der Waals surface area contributed by atoms with Crippen molar-refractivity contribution in [3.63, 3.8) is 0 Å². The van der Waals surface area contributed by atoms with Crippen LogP contribution in [0.25, 0.3) is 5.57 Å². The van der Waals surface area contributed by atoms with E-state index in [1.807, 2.05) is 6.92 Å². The van der Waals surface area contributed by atoms with Crippen LogP contribution in [0.5, 0.6) is 5.75 Å². The molecule has 6 nitrogen and oxygen atoms in total. The van der Waals surface area contributed by atoms with E-state index in [0.29, 0.717) is 38.5 Å².